The van der Waals surface area contributed by atoms with Gasteiger partial charge >= 0.3 is 0 Å². The van der Waals surface area contributed by atoms with Crippen LogP contribution in [0.2, 0.25) is 54.4 Å². The highest BCUT2D eigenvalue weighted by molar-refractivity contribution is 6.75. The van der Waals surface area contributed by atoms with Crippen LogP contribution in [0.5, 0.6) is 0 Å². The van der Waals surface area contributed by atoms with Crippen LogP contribution in [-0.2, 0) is 13.3 Å². The first-order chi connectivity index (χ1) is 24.2. The van der Waals surface area contributed by atoms with Gasteiger partial charge in [0.15, 0.2) is 25.0 Å². The first kappa shape index (κ1) is 45.0. The maximum atomic E-state index is 7.71. The van der Waals surface area contributed by atoms with E-state index in [1.165, 1.54) is 31.0 Å². The average molecular weight is 781 g/mol. The van der Waals surface area contributed by atoms with E-state index >= 15 is 0 Å². The van der Waals surface area contributed by atoms with Gasteiger partial charge in [-0.05, 0) is 129 Å². The summed E-state index contributed by atoms with van der Waals surface area (Å²) in [5, 5.41) is 0.373. The predicted molar refractivity (Wildman–Crippen MR) is 238 cm³/mol. The molecule has 4 rings (SSSR count). The Hall–Kier alpha value is -0.689. The van der Waals surface area contributed by atoms with Gasteiger partial charge in [-0.25, -0.2) is 0 Å². The molecule has 0 N–H and O–H groups in total. The minimum Gasteiger partial charge on any atom is -0.414 e. The van der Waals surface area contributed by atoms with Gasteiger partial charge in [0.2, 0.25) is 0 Å². The SMILES string of the molecule is CC[Si](CC)(CC)O[C@H]1C[C@H](O[Si](C)(C)C(C)(C)C(C)C)CC2=CC=C3[C@H](CC[C@]4(C)C([C@H](C)CC#CC(C)(C)O[Si](C)(C)C(C)(C)C)=CC[C@@H]34)[C@]21C. The molecule has 0 amide bonds. The molecule has 0 bridgehead atoms. The van der Waals surface area contributed by atoms with Gasteiger partial charge in [-0.3, -0.25) is 0 Å². The highest BCUT2D eigenvalue weighted by Crippen LogP contribution is 2.65. The van der Waals surface area contributed by atoms with Gasteiger partial charge in [0, 0.05) is 11.8 Å². The maximum Gasteiger partial charge on any atom is 0.194 e. The molecule has 4 aliphatic carbocycles. The van der Waals surface area contributed by atoms with Crippen molar-refractivity contribution in [3.05, 3.63) is 34.9 Å². The molecule has 0 aromatic rings. The second kappa shape index (κ2) is 15.6. The second-order valence-electron chi connectivity index (χ2n) is 21.8. The van der Waals surface area contributed by atoms with Crippen molar-refractivity contribution in [3.8, 4) is 11.8 Å². The number of allylic oxidation sites excluding steroid dienone is 5. The third-order valence-corrected chi connectivity index (χ3v) is 30.6. The molecule has 0 saturated heterocycles. The molecule has 0 aromatic carbocycles. The summed E-state index contributed by atoms with van der Waals surface area (Å²) in [5.74, 6) is 9.35. The number of rotatable bonds is 13. The second-order valence-corrected chi connectivity index (χ2v) is 35.8. The maximum absolute atomic E-state index is 7.71. The van der Waals surface area contributed by atoms with Crippen molar-refractivity contribution in [2.24, 2.45) is 34.5 Å². The largest absolute Gasteiger partial charge is 0.414 e. The van der Waals surface area contributed by atoms with Crippen molar-refractivity contribution in [1.29, 1.82) is 0 Å². The van der Waals surface area contributed by atoms with Crippen LogP contribution in [0.4, 0.5) is 0 Å². The van der Waals surface area contributed by atoms with E-state index < -0.39 is 30.6 Å². The molecule has 2 fully saturated rings. The fourth-order valence-electron chi connectivity index (χ4n) is 10.6. The Morgan fingerprint density at radius 2 is 1.45 bits per heavy atom. The van der Waals surface area contributed by atoms with Gasteiger partial charge in [-0.2, -0.15) is 0 Å². The van der Waals surface area contributed by atoms with E-state index in [1.54, 1.807) is 16.7 Å². The molecule has 0 heterocycles. The van der Waals surface area contributed by atoms with Crippen LogP contribution >= 0.6 is 0 Å². The molecule has 0 aromatic heterocycles. The van der Waals surface area contributed by atoms with Gasteiger partial charge in [-0.1, -0.05) is 137 Å². The lowest BCUT2D eigenvalue weighted by Crippen LogP contribution is -2.58. The molecule has 0 unspecified atom stereocenters. The molecular weight excluding hydrogens is 697 g/mol. The molecular formula is C47H84O3Si3. The summed E-state index contributed by atoms with van der Waals surface area (Å²) in [6, 6.07) is 3.58. The lowest BCUT2D eigenvalue weighted by Gasteiger charge is -2.59. The lowest BCUT2D eigenvalue weighted by atomic mass is 9.49. The van der Waals surface area contributed by atoms with Crippen LogP contribution in [0.3, 0.4) is 0 Å². The molecule has 0 radical (unpaired) electrons. The Kier molecular flexibility index (Phi) is 13.2. The standard InChI is InChI=1S/C47H84O3Si3/c1-20-53(21-2,22-3)49-42-33-37(48-52(18,19)45(12,13)34(4)5)32-36-25-26-38-40-28-27-39(46(40,14)31-29-41(38)47(36,42)15)35(6)24-23-30-44(10,11)50-51(16,17)43(7,8)9/h25-27,34-35,37,40-42H,20-22,24,28-29,31-33H2,1-19H3/t35-,37-,40+,41+,42+,46-,47+/m1/s1. The topological polar surface area (TPSA) is 27.7 Å². The molecule has 53 heavy (non-hydrogen) atoms. The summed E-state index contributed by atoms with van der Waals surface area (Å²) in [6.45, 7) is 45.3. The van der Waals surface area contributed by atoms with E-state index in [4.69, 9.17) is 13.3 Å². The van der Waals surface area contributed by atoms with Crippen molar-refractivity contribution in [3.63, 3.8) is 0 Å². The van der Waals surface area contributed by atoms with Crippen LogP contribution in [0.1, 0.15) is 142 Å². The Morgan fingerprint density at radius 3 is 2.00 bits per heavy atom. The Bertz CT molecular complexity index is 1470. The van der Waals surface area contributed by atoms with Crippen molar-refractivity contribution in [2.75, 3.05) is 0 Å². The molecule has 2 saturated carbocycles. The highest BCUT2D eigenvalue weighted by Gasteiger charge is 2.59. The highest BCUT2D eigenvalue weighted by atomic mass is 28.4. The zero-order valence-corrected chi connectivity index (χ0v) is 41.3. The van der Waals surface area contributed by atoms with Gasteiger partial charge in [0.05, 0.1) is 12.2 Å². The third kappa shape index (κ3) is 8.48. The Morgan fingerprint density at radius 1 is 0.849 bits per heavy atom. The first-order valence-electron chi connectivity index (χ1n) is 21.8. The van der Waals surface area contributed by atoms with Gasteiger partial charge in [0.25, 0.3) is 0 Å². The fraction of sp³-hybridized carbons (Fsp3) is 0.830. The zero-order chi connectivity index (χ0) is 40.2. The van der Waals surface area contributed by atoms with Crippen molar-refractivity contribution in [2.45, 2.75) is 215 Å². The van der Waals surface area contributed by atoms with E-state index in [-0.39, 0.29) is 33.1 Å². The molecule has 3 nitrogen and oxygen atoms in total. The van der Waals surface area contributed by atoms with Gasteiger partial charge in [-0.15, -0.1) is 0 Å². The van der Waals surface area contributed by atoms with Crippen LogP contribution in [0.15, 0.2) is 34.9 Å². The summed E-state index contributed by atoms with van der Waals surface area (Å²) in [5.41, 5.74) is 4.76. The van der Waals surface area contributed by atoms with Crippen molar-refractivity contribution >= 4 is 25.0 Å². The summed E-state index contributed by atoms with van der Waals surface area (Å²) in [7, 11) is -5.77. The number of fused-ring (bicyclic) bond motifs is 5. The van der Waals surface area contributed by atoms with E-state index in [9.17, 15) is 0 Å². The fourth-order valence-corrected chi connectivity index (χ4v) is 17.8. The van der Waals surface area contributed by atoms with Gasteiger partial charge in [0.1, 0.15) is 5.60 Å². The van der Waals surface area contributed by atoms with Crippen LogP contribution in [-0.4, -0.2) is 42.8 Å². The first-order valence-corrected chi connectivity index (χ1v) is 30.2. The quantitative estimate of drug-likeness (QED) is 0.106. The van der Waals surface area contributed by atoms with E-state index in [0.717, 1.165) is 25.7 Å². The molecule has 7 atom stereocenters. The van der Waals surface area contributed by atoms with E-state index in [0.29, 0.717) is 23.7 Å². The number of hydrogen-bond donors (Lipinski definition) is 0. The smallest absolute Gasteiger partial charge is 0.194 e. The summed E-state index contributed by atoms with van der Waals surface area (Å²) in [6.07, 6.45) is 14.9. The van der Waals surface area contributed by atoms with Crippen LogP contribution in [0.25, 0.3) is 0 Å². The Balaban J connectivity index is 1.62. The molecule has 0 spiro atoms. The van der Waals surface area contributed by atoms with Crippen molar-refractivity contribution < 1.29 is 13.3 Å². The summed E-state index contributed by atoms with van der Waals surface area (Å²) < 4.78 is 21.9. The number of hydrogen-bond acceptors (Lipinski definition) is 3. The predicted octanol–water partition coefficient (Wildman–Crippen LogP) is 14.3. The monoisotopic (exact) mass is 781 g/mol. The minimum atomic E-state index is -2.00. The van der Waals surface area contributed by atoms with E-state index in [1.807, 2.05) is 0 Å². The Labute approximate surface area is 332 Å². The molecule has 6 heteroatoms. The third-order valence-electron chi connectivity index (χ3n) is 16.7. The van der Waals surface area contributed by atoms with E-state index in [2.05, 4.69) is 160 Å². The average Bonchev–Trinajstić information content (AvgIpc) is 3.40. The van der Waals surface area contributed by atoms with Gasteiger partial charge < -0.3 is 13.3 Å². The van der Waals surface area contributed by atoms with Crippen LogP contribution < -0.4 is 0 Å². The zero-order valence-electron chi connectivity index (χ0n) is 38.3. The molecule has 0 aliphatic heterocycles. The lowest BCUT2D eigenvalue weighted by molar-refractivity contribution is -0.0384. The van der Waals surface area contributed by atoms with Crippen LogP contribution in [0, 0.1) is 46.3 Å². The summed E-state index contributed by atoms with van der Waals surface area (Å²) in [4.78, 5) is 0. The molecule has 302 valence electrons. The summed E-state index contributed by atoms with van der Waals surface area (Å²) >= 11 is 0. The molecule has 4 aliphatic rings. The van der Waals surface area contributed by atoms with Crippen molar-refractivity contribution in [1.82, 2.24) is 0 Å². The normalized spacial score (nSPS) is 30.4. The minimum absolute atomic E-state index is 0.0257.